The van der Waals surface area contributed by atoms with Gasteiger partial charge in [-0.15, -0.1) is 11.3 Å². The molecule has 2 aliphatic rings. The molecule has 1 N–H and O–H groups in total. The molecule has 1 saturated carbocycles. The highest BCUT2D eigenvalue weighted by Gasteiger charge is 2.22. The van der Waals surface area contributed by atoms with E-state index in [0.29, 0.717) is 12.6 Å². The summed E-state index contributed by atoms with van der Waals surface area (Å²) in [5.74, 6) is 0.181. The standard InChI is InChI=1S/C20H32N2O2S/c23-20(21-17-8-4-2-1-3-5-9-17)16-22(14-18-10-6-12-24-18)15-19-11-7-13-25-19/h7,11,13,17-18H,1-6,8-10,12,14-16H2,(H,21,23). The van der Waals surface area contributed by atoms with Crippen molar-refractivity contribution < 1.29 is 9.53 Å². The van der Waals surface area contributed by atoms with Crippen LogP contribution in [0.2, 0.25) is 0 Å². The summed E-state index contributed by atoms with van der Waals surface area (Å²) in [7, 11) is 0. The number of amides is 1. The lowest BCUT2D eigenvalue weighted by molar-refractivity contribution is -0.123. The van der Waals surface area contributed by atoms with E-state index in [2.05, 4.69) is 27.7 Å². The SMILES string of the molecule is O=C(CN(Cc1cccs1)CC1CCCO1)NC1CCCCCCC1. The quantitative estimate of drug-likeness (QED) is 0.796. The molecule has 2 heterocycles. The Kier molecular flexibility index (Phi) is 7.77. The molecular formula is C20H32N2O2S. The first kappa shape index (κ1) is 18.9. The Morgan fingerprint density at radius 3 is 2.64 bits per heavy atom. The van der Waals surface area contributed by atoms with Gasteiger partial charge in [-0.2, -0.15) is 0 Å². The van der Waals surface area contributed by atoms with Gasteiger partial charge in [-0.25, -0.2) is 0 Å². The smallest absolute Gasteiger partial charge is 0.234 e. The van der Waals surface area contributed by atoms with Crippen molar-refractivity contribution in [2.24, 2.45) is 0 Å². The molecule has 0 aromatic carbocycles. The van der Waals surface area contributed by atoms with Crippen molar-refractivity contribution in [1.29, 1.82) is 0 Å². The van der Waals surface area contributed by atoms with E-state index in [1.54, 1.807) is 11.3 Å². The van der Waals surface area contributed by atoms with Gasteiger partial charge in [0.2, 0.25) is 5.91 Å². The van der Waals surface area contributed by atoms with Gasteiger partial charge in [0.15, 0.2) is 0 Å². The van der Waals surface area contributed by atoms with Gasteiger partial charge in [0, 0.05) is 30.6 Å². The van der Waals surface area contributed by atoms with E-state index in [-0.39, 0.29) is 12.0 Å². The minimum absolute atomic E-state index is 0.181. The topological polar surface area (TPSA) is 41.6 Å². The monoisotopic (exact) mass is 364 g/mol. The number of carbonyl (C=O) groups excluding carboxylic acids is 1. The Hall–Kier alpha value is -0.910. The fraction of sp³-hybridized carbons (Fsp3) is 0.750. The lowest BCUT2D eigenvalue weighted by Crippen LogP contribution is -2.44. The van der Waals surface area contributed by atoms with Crippen LogP contribution >= 0.6 is 11.3 Å². The fourth-order valence-electron chi connectivity index (χ4n) is 3.96. The van der Waals surface area contributed by atoms with Crippen LogP contribution in [0.25, 0.3) is 0 Å². The molecule has 0 bridgehead atoms. The molecule has 4 nitrogen and oxygen atoms in total. The van der Waals surface area contributed by atoms with E-state index in [1.807, 2.05) is 0 Å². The van der Waals surface area contributed by atoms with Crippen molar-refractivity contribution in [3.8, 4) is 0 Å². The average Bonchev–Trinajstić information content (AvgIpc) is 3.23. The maximum atomic E-state index is 12.6. The van der Waals surface area contributed by atoms with E-state index in [1.165, 1.54) is 37.0 Å². The van der Waals surface area contributed by atoms with Crippen molar-refractivity contribution in [2.75, 3.05) is 19.7 Å². The van der Waals surface area contributed by atoms with Gasteiger partial charge < -0.3 is 10.1 Å². The number of nitrogens with one attached hydrogen (secondary N) is 1. The van der Waals surface area contributed by atoms with Crippen molar-refractivity contribution in [3.05, 3.63) is 22.4 Å². The van der Waals surface area contributed by atoms with Crippen LogP contribution in [-0.2, 0) is 16.1 Å². The molecule has 1 aromatic heterocycles. The van der Waals surface area contributed by atoms with E-state index in [4.69, 9.17) is 4.74 Å². The van der Waals surface area contributed by atoms with Gasteiger partial charge in [0.05, 0.1) is 12.6 Å². The molecule has 140 valence electrons. The molecule has 3 rings (SSSR count). The predicted molar refractivity (Wildman–Crippen MR) is 103 cm³/mol. The Morgan fingerprint density at radius 2 is 1.96 bits per heavy atom. The van der Waals surface area contributed by atoms with Crippen LogP contribution < -0.4 is 5.32 Å². The normalized spacial score (nSPS) is 22.7. The van der Waals surface area contributed by atoms with Crippen LogP contribution in [0.5, 0.6) is 0 Å². The number of rotatable bonds is 7. The summed E-state index contributed by atoms with van der Waals surface area (Å²) in [6.07, 6.45) is 11.3. The molecule has 1 saturated heterocycles. The average molecular weight is 365 g/mol. The summed E-state index contributed by atoms with van der Waals surface area (Å²) in [4.78, 5) is 16.2. The third-order valence-corrected chi connectivity index (χ3v) is 6.14. The number of carbonyl (C=O) groups is 1. The summed E-state index contributed by atoms with van der Waals surface area (Å²) in [5, 5.41) is 5.41. The summed E-state index contributed by atoms with van der Waals surface area (Å²) in [6, 6.07) is 4.61. The molecular weight excluding hydrogens is 332 g/mol. The van der Waals surface area contributed by atoms with Gasteiger partial charge in [-0.3, -0.25) is 9.69 Å². The third-order valence-electron chi connectivity index (χ3n) is 5.28. The van der Waals surface area contributed by atoms with E-state index >= 15 is 0 Å². The summed E-state index contributed by atoms with van der Waals surface area (Å²) < 4.78 is 5.79. The molecule has 1 unspecified atom stereocenters. The van der Waals surface area contributed by atoms with E-state index < -0.39 is 0 Å². The fourth-order valence-corrected chi connectivity index (χ4v) is 4.71. The highest BCUT2D eigenvalue weighted by Crippen LogP contribution is 2.19. The van der Waals surface area contributed by atoms with Crippen LogP contribution in [0.15, 0.2) is 17.5 Å². The van der Waals surface area contributed by atoms with Crippen LogP contribution in [-0.4, -0.2) is 42.6 Å². The van der Waals surface area contributed by atoms with Crippen LogP contribution in [0.3, 0.4) is 0 Å². The molecule has 0 radical (unpaired) electrons. The zero-order valence-corrected chi connectivity index (χ0v) is 16.1. The predicted octanol–water partition coefficient (Wildman–Crippen LogP) is 3.96. The van der Waals surface area contributed by atoms with Crippen LogP contribution in [0.4, 0.5) is 0 Å². The van der Waals surface area contributed by atoms with Gasteiger partial charge in [0.1, 0.15) is 0 Å². The van der Waals surface area contributed by atoms with Crippen LogP contribution in [0.1, 0.15) is 62.7 Å². The second kappa shape index (κ2) is 10.3. The van der Waals surface area contributed by atoms with Gasteiger partial charge in [-0.05, 0) is 37.1 Å². The lowest BCUT2D eigenvalue weighted by Gasteiger charge is -2.26. The van der Waals surface area contributed by atoms with Crippen molar-refractivity contribution >= 4 is 17.2 Å². The Morgan fingerprint density at radius 1 is 1.16 bits per heavy atom. The first-order valence-electron chi connectivity index (χ1n) is 9.95. The largest absolute Gasteiger partial charge is 0.377 e. The molecule has 1 aromatic rings. The minimum atomic E-state index is 0.181. The lowest BCUT2D eigenvalue weighted by atomic mass is 9.97. The number of hydrogen-bond acceptors (Lipinski definition) is 4. The zero-order valence-electron chi connectivity index (χ0n) is 15.3. The molecule has 1 amide bonds. The molecule has 1 aliphatic heterocycles. The van der Waals surface area contributed by atoms with Crippen molar-refractivity contribution in [3.63, 3.8) is 0 Å². The van der Waals surface area contributed by atoms with Gasteiger partial charge in [-0.1, -0.05) is 38.2 Å². The second-order valence-corrected chi connectivity index (χ2v) is 8.53. The first-order valence-corrected chi connectivity index (χ1v) is 10.8. The third kappa shape index (κ3) is 6.72. The van der Waals surface area contributed by atoms with E-state index in [9.17, 15) is 4.79 Å². The number of nitrogens with zero attached hydrogens (tertiary/aromatic N) is 1. The maximum Gasteiger partial charge on any atom is 0.234 e. The van der Waals surface area contributed by atoms with Crippen molar-refractivity contribution in [1.82, 2.24) is 10.2 Å². The number of ether oxygens (including phenoxy) is 1. The highest BCUT2D eigenvalue weighted by atomic mass is 32.1. The Labute approximate surface area is 155 Å². The Bertz CT molecular complexity index is 492. The van der Waals surface area contributed by atoms with E-state index in [0.717, 1.165) is 45.4 Å². The van der Waals surface area contributed by atoms with Gasteiger partial charge >= 0.3 is 0 Å². The number of thiophene rings is 1. The Balaban J connectivity index is 1.51. The zero-order chi connectivity index (χ0) is 17.3. The van der Waals surface area contributed by atoms with Crippen molar-refractivity contribution in [2.45, 2.75) is 76.5 Å². The summed E-state index contributed by atoms with van der Waals surface area (Å²) >= 11 is 1.76. The van der Waals surface area contributed by atoms with Crippen LogP contribution in [0, 0.1) is 0 Å². The highest BCUT2D eigenvalue weighted by molar-refractivity contribution is 7.09. The molecule has 1 aliphatic carbocycles. The minimum Gasteiger partial charge on any atom is -0.377 e. The molecule has 5 heteroatoms. The number of hydrogen-bond donors (Lipinski definition) is 1. The molecule has 1 atom stereocenters. The first-order chi connectivity index (χ1) is 12.3. The van der Waals surface area contributed by atoms with Gasteiger partial charge in [0.25, 0.3) is 0 Å². The molecule has 0 spiro atoms. The summed E-state index contributed by atoms with van der Waals surface area (Å²) in [5.41, 5.74) is 0. The maximum absolute atomic E-state index is 12.6. The molecule has 2 fully saturated rings. The summed E-state index contributed by atoms with van der Waals surface area (Å²) in [6.45, 7) is 3.05. The second-order valence-electron chi connectivity index (χ2n) is 7.49. The molecule has 25 heavy (non-hydrogen) atoms.